The van der Waals surface area contributed by atoms with Gasteiger partial charge in [-0.05, 0) is 48.2 Å². The van der Waals surface area contributed by atoms with Crippen LogP contribution in [-0.2, 0) is 11.2 Å². The van der Waals surface area contributed by atoms with Crippen molar-refractivity contribution in [3.8, 4) is 11.5 Å². The van der Waals surface area contributed by atoms with Gasteiger partial charge in [0.05, 0.1) is 6.57 Å². The van der Waals surface area contributed by atoms with Crippen molar-refractivity contribution in [3.05, 3.63) is 65.0 Å². The van der Waals surface area contributed by atoms with Gasteiger partial charge in [-0.1, -0.05) is 30.0 Å². The van der Waals surface area contributed by atoms with Crippen molar-refractivity contribution in [3.63, 3.8) is 0 Å². The van der Waals surface area contributed by atoms with Crippen molar-refractivity contribution in [2.75, 3.05) is 0 Å². The molecule has 124 valence electrons. The summed E-state index contributed by atoms with van der Waals surface area (Å²) in [6.45, 7) is 6.97. The topological polar surface area (TPSA) is 59.8 Å². The maximum Gasteiger partial charge on any atom is 0.286 e. The summed E-state index contributed by atoms with van der Waals surface area (Å²) in [4.78, 5) is 26.7. The molecule has 2 aromatic rings. The summed E-state index contributed by atoms with van der Waals surface area (Å²) < 4.78 is 5.86. The van der Waals surface area contributed by atoms with Crippen molar-refractivity contribution in [2.45, 2.75) is 24.0 Å². The van der Waals surface area contributed by atoms with Crippen molar-refractivity contribution >= 4 is 28.6 Å². The smallest absolute Gasteiger partial charge is 0.286 e. The number of ether oxygens (including phenoxy) is 1. The summed E-state index contributed by atoms with van der Waals surface area (Å²) in [6.07, 6.45) is 1.73. The first-order valence-electron chi connectivity index (χ1n) is 7.94. The quantitative estimate of drug-likeness (QED) is 0.833. The van der Waals surface area contributed by atoms with Gasteiger partial charge in [0, 0.05) is 5.92 Å². The number of thioether (sulfide) groups is 1. The van der Waals surface area contributed by atoms with E-state index in [4.69, 9.17) is 11.3 Å². The zero-order valence-corrected chi connectivity index (χ0v) is 14.0. The van der Waals surface area contributed by atoms with E-state index in [0.717, 1.165) is 41.5 Å². The van der Waals surface area contributed by atoms with Crippen LogP contribution in [0.4, 0.5) is 10.5 Å². The third-order valence-corrected chi connectivity index (χ3v) is 5.64. The molecule has 25 heavy (non-hydrogen) atoms. The molecule has 1 N–H and O–H groups in total. The fourth-order valence-corrected chi connectivity index (χ4v) is 4.37. The second-order valence-corrected chi connectivity index (χ2v) is 7.14. The number of fused-ring (bicyclic) bond motifs is 1. The zero-order valence-electron chi connectivity index (χ0n) is 13.2. The minimum atomic E-state index is -0.332. The van der Waals surface area contributed by atoms with Crippen LogP contribution in [-0.4, -0.2) is 16.4 Å². The first-order chi connectivity index (χ1) is 12.1. The van der Waals surface area contributed by atoms with Gasteiger partial charge in [-0.25, -0.2) is 4.85 Å². The molecule has 0 radical (unpaired) electrons. The normalized spacial score (nSPS) is 21.6. The third kappa shape index (κ3) is 2.99. The molecular weight excluding hydrogens is 336 g/mol. The van der Waals surface area contributed by atoms with Crippen LogP contribution in [0.5, 0.6) is 11.5 Å². The second kappa shape index (κ2) is 6.26. The van der Waals surface area contributed by atoms with Crippen LogP contribution in [0.25, 0.3) is 4.85 Å². The molecular formula is C19H14N2O3S. The van der Waals surface area contributed by atoms with Gasteiger partial charge in [0.2, 0.25) is 5.91 Å². The third-order valence-electron chi connectivity index (χ3n) is 4.52. The van der Waals surface area contributed by atoms with Gasteiger partial charge in [-0.15, -0.1) is 0 Å². The molecule has 1 aliphatic heterocycles. The number of aryl methyl sites for hydroxylation is 1. The van der Waals surface area contributed by atoms with Gasteiger partial charge in [0.25, 0.3) is 5.24 Å². The summed E-state index contributed by atoms with van der Waals surface area (Å²) in [5.74, 6) is 1.29. The molecule has 1 aliphatic carbocycles. The van der Waals surface area contributed by atoms with E-state index >= 15 is 0 Å². The Bertz CT molecular complexity index is 902. The fourth-order valence-electron chi connectivity index (χ4n) is 3.36. The molecule has 2 aliphatic rings. The predicted octanol–water partition coefficient (Wildman–Crippen LogP) is 4.41. The lowest BCUT2D eigenvalue weighted by atomic mass is 9.97. The molecule has 1 unspecified atom stereocenters. The maximum atomic E-state index is 11.9. The molecule has 2 aromatic carbocycles. The SMILES string of the molecule is [C-]#[N+]c1ccc(Oc2ccc3c(c2)CC[C@H]3C2SC(=O)NC2=O)cc1. The Hall–Kier alpha value is -2.78. The first-order valence-corrected chi connectivity index (χ1v) is 8.82. The summed E-state index contributed by atoms with van der Waals surface area (Å²) in [7, 11) is 0. The highest BCUT2D eigenvalue weighted by Crippen LogP contribution is 2.43. The fraction of sp³-hybridized carbons (Fsp3) is 0.211. The molecule has 1 heterocycles. The molecule has 0 aromatic heterocycles. The van der Waals surface area contributed by atoms with E-state index in [2.05, 4.69) is 10.2 Å². The number of nitrogens with one attached hydrogen (secondary N) is 1. The molecule has 5 nitrogen and oxygen atoms in total. The average Bonchev–Trinajstić information content (AvgIpc) is 3.17. The maximum absolute atomic E-state index is 11.9. The molecule has 0 spiro atoms. The average molecular weight is 350 g/mol. The van der Waals surface area contributed by atoms with E-state index in [0.29, 0.717) is 11.4 Å². The van der Waals surface area contributed by atoms with Crippen LogP contribution in [0.15, 0.2) is 42.5 Å². The van der Waals surface area contributed by atoms with E-state index in [1.165, 1.54) is 0 Å². The van der Waals surface area contributed by atoms with E-state index in [1.54, 1.807) is 24.3 Å². The van der Waals surface area contributed by atoms with E-state index in [9.17, 15) is 9.59 Å². The Morgan fingerprint density at radius 2 is 1.88 bits per heavy atom. The standard InChI is InChI=1S/C19H14N2O3S/c1-20-12-3-5-13(6-4-12)24-14-7-9-15-11(10-14)2-8-16(15)17-18(22)21-19(23)25-17/h3-7,9-10,16-17H,2,8H2,(H,21,22,23)/t16-,17?/m1/s1. The highest BCUT2D eigenvalue weighted by atomic mass is 32.2. The number of hydrogen-bond donors (Lipinski definition) is 1. The largest absolute Gasteiger partial charge is 0.457 e. The minimum absolute atomic E-state index is 0.0680. The molecule has 4 rings (SSSR count). The Labute approximate surface area is 149 Å². The number of benzene rings is 2. The molecule has 1 fully saturated rings. The Kier molecular flexibility index (Phi) is 3.94. The number of rotatable bonds is 3. The minimum Gasteiger partial charge on any atom is -0.457 e. The first kappa shape index (κ1) is 15.7. The Morgan fingerprint density at radius 3 is 2.56 bits per heavy atom. The van der Waals surface area contributed by atoms with Gasteiger partial charge < -0.3 is 4.74 Å². The van der Waals surface area contributed by atoms with E-state index in [1.807, 2.05) is 18.2 Å². The number of carbonyl (C=O) groups is 2. The lowest BCUT2D eigenvalue weighted by Crippen LogP contribution is -2.27. The number of nitrogens with zero attached hydrogens (tertiary/aromatic N) is 1. The lowest BCUT2D eigenvalue weighted by molar-refractivity contribution is -0.119. The Morgan fingerprint density at radius 1 is 1.12 bits per heavy atom. The number of hydrogen-bond acceptors (Lipinski definition) is 4. The zero-order chi connectivity index (χ0) is 17.4. The summed E-state index contributed by atoms with van der Waals surface area (Å²) >= 11 is 1.09. The van der Waals surface area contributed by atoms with E-state index in [-0.39, 0.29) is 22.3 Å². The van der Waals surface area contributed by atoms with Crippen molar-refractivity contribution < 1.29 is 14.3 Å². The van der Waals surface area contributed by atoms with Crippen LogP contribution >= 0.6 is 11.8 Å². The Balaban J connectivity index is 1.54. The van der Waals surface area contributed by atoms with Crippen LogP contribution in [0, 0.1) is 6.57 Å². The van der Waals surface area contributed by atoms with Gasteiger partial charge in [-0.2, -0.15) is 0 Å². The van der Waals surface area contributed by atoms with Crippen molar-refractivity contribution in [2.24, 2.45) is 0 Å². The molecule has 6 heteroatoms. The van der Waals surface area contributed by atoms with E-state index < -0.39 is 0 Å². The monoisotopic (exact) mass is 350 g/mol. The van der Waals surface area contributed by atoms with Crippen LogP contribution in [0.2, 0.25) is 0 Å². The summed E-state index contributed by atoms with van der Waals surface area (Å²) in [5.41, 5.74) is 2.86. The highest BCUT2D eigenvalue weighted by Gasteiger charge is 2.41. The molecule has 0 saturated carbocycles. The number of carbonyl (C=O) groups excluding carboxylic acids is 2. The van der Waals surface area contributed by atoms with Crippen LogP contribution < -0.4 is 10.1 Å². The highest BCUT2D eigenvalue weighted by molar-refractivity contribution is 8.15. The summed E-state index contributed by atoms with van der Waals surface area (Å²) in [6, 6.07) is 12.9. The van der Waals surface area contributed by atoms with Gasteiger partial charge in [0.1, 0.15) is 16.7 Å². The van der Waals surface area contributed by atoms with Crippen molar-refractivity contribution in [1.29, 1.82) is 0 Å². The van der Waals surface area contributed by atoms with Gasteiger partial charge in [-0.3, -0.25) is 14.9 Å². The van der Waals surface area contributed by atoms with Gasteiger partial charge >= 0.3 is 0 Å². The number of imide groups is 1. The van der Waals surface area contributed by atoms with Crippen molar-refractivity contribution in [1.82, 2.24) is 5.32 Å². The number of amides is 2. The molecule has 2 atom stereocenters. The van der Waals surface area contributed by atoms with Gasteiger partial charge in [0.15, 0.2) is 5.69 Å². The van der Waals surface area contributed by atoms with Crippen LogP contribution in [0.3, 0.4) is 0 Å². The molecule has 1 saturated heterocycles. The lowest BCUT2D eigenvalue weighted by Gasteiger charge is -2.16. The second-order valence-electron chi connectivity index (χ2n) is 6.03. The van der Waals surface area contributed by atoms with Crippen LogP contribution in [0.1, 0.15) is 23.5 Å². The predicted molar refractivity (Wildman–Crippen MR) is 95.2 cm³/mol. The molecule has 2 amide bonds. The molecule has 0 bridgehead atoms. The summed E-state index contributed by atoms with van der Waals surface area (Å²) in [5, 5.41) is 1.78.